The molecule has 1 aliphatic rings. The molecule has 2 atom stereocenters. The van der Waals surface area contributed by atoms with E-state index >= 15 is 0 Å². The second-order valence-corrected chi connectivity index (χ2v) is 8.86. The average Bonchev–Trinajstić information content (AvgIpc) is 3.43. The maximum absolute atomic E-state index is 6.19. The summed E-state index contributed by atoms with van der Waals surface area (Å²) in [6.45, 7) is 0.903. The van der Waals surface area contributed by atoms with Crippen LogP contribution in [-0.2, 0) is 0 Å². The Morgan fingerprint density at radius 2 is 2.00 bits per heavy atom. The predicted octanol–water partition coefficient (Wildman–Crippen LogP) is 4.46. The van der Waals surface area contributed by atoms with E-state index in [4.69, 9.17) is 5.73 Å². The highest BCUT2D eigenvalue weighted by molar-refractivity contribution is 7.17. The van der Waals surface area contributed by atoms with Gasteiger partial charge in [-0.1, -0.05) is 25.0 Å². The van der Waals surface area contributed by atoms with Crippen molar-refractivity contribution in [2.24, 2.45) is 11.7 Å². The van der Waals surface area contributed by atoms with Gasteiger partial charge in [0.15, 0.2) is 0 Å². The maximum atomic E-state index is 6.19. The molecule has 3 heterocycles. The number of aromatic amines is 1. The van der Waals surface area contributed by atoms with Gasteiger partial charge in [-0.25, -0.2) is 4.98 Å². The summed E-state index contributed by atoms with van der Waals surface area (Å²) in [5, 5.41) is 19.3. The van der Waals surface area contributed by atoms with Gasteiger partial charge in [0, 0.05) is 35.5 Å². The monoisotopic (exact) mass is 419 g/mol. The van der Waals surface area contributed by atoms with E-state index in [-0.39, 0.29) is 0 Å². The summed E-state index contributed by atoms with van der Waals surface area (Å²) in [5.74, 6) is 1.42. The molecule has 4 aromatic rings. The summed E-state index contributed by atoms with van der Waals surface area (Å²) in [6.07, 6.45) is 9.69. The molecule has 1 unspecified atom stereocenters. The average molecular weight is 420 g/mol. The van der Waals surface area contributed by atoms with E-state index in [1.165, 1.54) is 19.3 Å². The Bertz CT molecular complexity index is 1100. The van der Waals surface area contributed by atoms with Crippen LogP contribution < -0.4 is 11.1 Å². The fourth-order valence-electron chi connectivity index (χ4n) is 4.29. The van der Waals surface area contributed by atoms with Crippen LogP contribution in [0, 0.1) is 5.92 Å². The molecule has 0 saturated heterocycles. The molecule has 0 amide bonds. The minimum absolute atomic E-state index is 0.333. The molecule has 154 valence electrons. The van der Waals surface area contributed by atoms with Crippen LogP contribution in [0.1, 0.15) is 32.1 Å². The third kappa shape index (κ3) is 3.93. The van der Waals surface area contributed by atoms with Crippen LogP contribution in [0.2, 0.25) is 0 Å². The smallest absolute Gasteiger partial charge is 0.148 e. The van der Waals surface area contributed by atoms with Crippen LogP contribution in [0.15, 0.2) is 42.2 Å². The number of anilines is 1. The molecule has 1 saturated carbocycles. The van der Waals surface area contributed by atoms with E-state index in [1.807, 2.05) is 30.0 Å². The van der Waals surface area contributed by atoms with Crippen molar-refractivity contribution in [1.82, 2.24) is 25.4 Å². The zero-order chi connectivity index (χ0) is 20.3. The molecule has 0 bridgehead atoms. The Morgan fingerprint density at radius 3 is 2.83 bits per heavy atom. The van der Waals surface area contributed by atoms with Gasteiger partial charge in [0.2, 0.25) is 0 Å². The van der Waals surface area contributed by atoms with E-state index in [1.54, 1.807) is 11.3 Å². The summed E-state index contributed by atoms with van der Waals surface area (Å²) in [6, 6.07) is 8.54. The van der Waals surface area contributed by atoms with Gasteiger partial charge >= 0.3 is 0 Å². The number of H-pyrrole nitrogens is 1. The first-order valence-electron chi connectivity index (χ1n) is 10.5. The second kappa shape index (κ2) is 8.49. The molecule has 3 aromatic heterocycles. The highest BCUT2D eigenvalue weighted by Gasteiger charge is 2.18. The number of nitrogens with one attached hydrogen (secondary N) is 2. The van der Waals surface area contributed by atoms with Crippen molar-refractivity contribution in [2.45, 2.75) is 38.1 Å². The van der Waals surface area contributed by atoms with Crippen molar-refractivity contribution in [2.75, 3.05) is 11.9 Å². The lowest BCUT2D eigenvalue weighted by molar-refractivity contribution is 0.452. The number of hydrogen-bond donors (Lipinski definition) is 3. The SMILES string of the molecule is N[C@@H]1CCCCC(CNc2ccc(-c3ccc(-c4cn[nH]c4)c4ncsc34)nn2)C1. The summed E-state index contributed by atoms with van der Waals surface area (Å²) >= 11 is 1.62. The minimum Gasteiger partial charge on any atom is -0.368 e. The molecule has 5 rings (SSSR count). The molecular formula is C22H25N7S. The minimum atomic E-state index is 0.333. The fourth-order valence-corrected chi connectivity index (χ4v) is 5.13. The predicted molar refractivity (Wildman–Crippen MR) is 121 cm³/mol. The molecular weight excluding hydrogens is 394 g/mol. The molecule has 30 heavy (non-hydrogen) atoms. The number of aromatic nitrogens is 5. The lowest BCUT2D eigenvalue weighted by atomic mass is 9.98. The number of fused-ring (bicyclic) bond motifs is 1. The van der Waals surface area contributed by atoms with Gasteiger partial charge in [0.05, 0.1) is 27.6 Å². The van der Waals surface area contributed by atoms with Gasteiger partial charge < -0.3 is 11.1 Å². The molecule has 1 aromatic carbocycles. The number of benzene rings is 1. The van der Waals surface area contributed by atoms with Crippen molar-refractivity contribution < 1.29 is 0 Å². The van der Waals surface area contributed by atoms with Crippen molar-refractivity contribution in [1.29, 1.82) is 0 Å². The summed E-state index contributed by atoms with van der Waals surface area (Å²) in [5.41, 5.74) is 13.0. The van der Waals surface area contributed by atoms with E-state index < -0.39 is 0 Å². The molecule has 4 N–H and O–H groups in total. The number of hydrogen-bond acceptors (Lipinski definition) is 7. The maximum Gasteiger partial charge on any atom is 0.148 e. The Hall–Kier alpha value is -2.84. The van der Waals surface area contributed by atoms with Crippen molar-refractivity contribution in [3.05, 3.63) is 42.2 Å². The van der Waals surface area contributed by atoms with E-state index in [9.17, 15) is 0 Å². The van der Waals surface area contributed by atoms with E-state index in [0.717, 1.165) is 57.8 Å². The third-order valence-electron chi connectivity index (χ3n) is 5.88. The second-order valence-electron chi connectivity index (χ2n) is 8.01. The third-order valence-corrected chi connectivity index (χ3v) is 6.74. The van der Waals surface area contributed by atoms with Gasteiger partial charge in [-0.2, -0.15) is 5.10 Å². The van der Waals surface area contributed by atoms with Gasteiger partial charge in [-0.05, 0) is 37.3 Å². The summed E-state index contributed by atoms with van der Waals surface area (Å²) in [4.78, 5) is 4.58. The van der Waals surface area contributed by atoms with Crippen LogP contribution in [0.25, 0.3) is 32.6 Å². The highest BCUT2D eigenvalue weighted by atomic mass is 32.1. The zero-order valence-electron chi connectivity index (χ0n) is 16.7. The van der Waals surface area contributed by atoms with Crippen LogP contribution in [0.4, 0.5) is 5.82 Å². The fraction of sp³-hybridized carbons (Fsp3) is 0.364. The number of rotatable bonds is 5. The Balaban J connectivity index is 1.34. The Kier molecular flexibility index (Phi) is 5.42. The van der Waals surface area contributed by atoms with Crippen LogP contribution >= 0.6 is 11.3 Å². The first-order chi connectivity index (χ1) is 14.8. The molecule has 0 aliphatic heterocycles. The van der Waals surface area contributed by atoms with Crippen molar-refractivity contribution >= 4 is 27.4 Å². The molecule has 0 spiro atoms. The topological polar surface area (TPSA) is 105 Å². The molecule has 8 heteroatoms. The normalized spacial score (nSPS) is 19.6. The molecule has 7 nitrogen and oxygen atoms in total. The summed E-state index contributed by atoms with van der Waals surface area (Å²) in [7, 11) is 0. The van der Waals surface area contributed by atoms with Gasteiger partial charge in [0.1, 0.15) is 5.82 Å². The van der Waals surface area contributed by atoms with Gasteiger partial charge in [-0.15, -0.1) is 21.5 Å². The van der Waals surface area contributed by atoms with Gasteiger partial charge in [0.25, 0.3) is 0 Å². The van der Waals surface area contributed by atoms with E-state index in [0.29, 0.717) is 12.0 Å². The van der Waals surface area contributed by atoms with Crippen LogP contribution in [-0.4, -0.2) is 38.0 Å². The van der Waals surface area contributed by atoms with Crippen LogP contribution in [0.5, 0.6) is 0 Å². The van der Waals surface area contributed by atoms with Crippen molar-refractivity contribution in [3.63, 3.8) is 0 Å². The number of nitrogens with two attached hydrogens (primary N) is 1. The quantitative estimate of drug-likeness (QED) is 0.412. The van der Waals surface area contributed by atoms with Crippen molar-refractivity contribution in [3.8, 4) is 22.4 Å². The molecule has 0 radical (unpaired) electrons. The highest BCUT2D eigenvalue weighted by Crippen LogP contribution is 2.36. The largest absolute Gasteiger partial charge is 0.368 e. The van der Waals surface area contributed by atoms with Gasteiger partial charge in [-0.3, -0.25) is 5.10 Å². The lowest BCUT2D eigenvalue weighted by Crippen LogP contribution is -2.25. The number of thiazole rings is 1. The lowest BCUT2D eigenvalue weighted by Gasteiger charge is -2.17. The molecule has 1 fully saturated rings. The summed E-state index contributed by atoms with van der Waals surface area (Å²) < 4.78 is 1.11. The number of nitrogens with zero attached hydrogens (tertiary/aromatic N) is 4. The molecule has 1 aliphatic carbocycles. The van der Waals surface area contributed by atoms with E-state index in [2.05, 4.69) is 42.8 Å². The first kappa shape index (κ1) is 19.1. The Labute approximate surface area is 179 Å². The standard InChI is InChI=1S/C22H25N7S/c23-16-4-2-1-3-14(9-16)10-24-20-8-7-19(28-29-20)18-6-5-17(15-11-26-27-12-15)21-22(18)30-13-25-21/h5-8,11-14,16H,1-4,9-10,23H2,(H,24,29)(H,26,27)/t14?,16-/m1/s1. The zero-order valence-corrected chi connectivity index (χ0v) is 17.5. The Morgan fingerprint density at radius 1 is 1.10 bits per heavy atom. The van der Waals surface area contributed by atoms with Crippen LogP contribution in [0.3, 0.4) is 0 Å². The first-order valence-corrected chi connectivity index (χ1v) is 11.3.